The van der Waals surface area contributed by atoms with Crippen molar-refractivity contribution in [3.8, 4) is 0 Å². The van der Waals surface area contributed by atoms with Gasteiger partial charge in [0, 0.05) is 13.1 Å². The normalized spacial score (nSPS) is 12.5. The lowest BCUT2D eigenvalue weighted by Gasteiger charge is -2.23. The molecule has 0 amide bonds. The summed E-state index contributed by atoms with van der Waals surface area (Å²) in [6.07, 6.45) is 2.98. The van der Waals surface area contributed by atoms with Crippen molar-refractivity contribution in [2.45, 2.75) is 32.7 Å². The van der Waals surface area contributed by atoms with E-state index >= 15 is 0 Å². The van der Waals surface area contributed by atoms with Crippen molar-refractivity contribution >= 4 is 34.4 Å². The second-order valence-corrected chi connectivity index (χ2v) is 4.89. The minimum absolute atomic E-state index is 0.306. The van der Waals surface area contributed by atoms with Gasteiger partial charge in [-0.25, -0.2) is 4.98 Å². The summed E-state index contributed by atoms with van der Waals surface area (Å²) < 4.78 is 0. The first kappa shape index (κ1) is 12.5. The fraction of sp³-hybridized carbons (Fsp3) is 0.600. The molecule has 0 aromatic carbocycles. The first-order valence-electron chi connectivity index (χ1n) is 4.94. The molecule has 0 fully saturated rings. The van der Waals surface area contributed by atoms with E-state index in [0.717, 1.165) is 24.3 Å². The average Bonchev–Trinajstić information content (AvgIpc) is 2.59. The van der Waals surface area contributed by atoms with E-state index in [4.69, 9.17) is 11.6 Å². The molecule has 0 spiro atoms. The van der Waals surface area contributed by atoms with Crippen LogP contribution >= 0.6 is 22.9 Å². The zero-order valence-corrected chi connectivity index (χ0v) is 10.7. The van der Waals surface area contributed by atoms with Gasteiger partial charge in [0.1, 0.15) is 4.88 Å². The maximum absolute atomic E-state index is 10.6. The SMILES string of the molecule is CCCC(C)N(C)c1nc(Cl)c(C=O)s1. The Morgan fingerprint density at radius 3 is 2.80 bits per heavy atom. The van der Waals surface area contributed by atoms with Crippen molar-refractivity contribution in [3.63, 3.8) is 0 Å². The molecule has 15 heavy (non-hydrogen) atoms. The van der Waals surface area contributed by atoms with Crippen molar-refractivity contribution in [1.82, 2.24) is 4.98 Å². The molecule has 1 unspecified atom stereocenters. The molecule has 1 atom stereocenters. The topological polar surface area (TPSA) is 33.2 Å². The fourth-order valence-corrected chi connectivity index (χ4v) is 2.45. The zero-order chi connectivity index (χ0) is 11.4. The lowest BCUT2D eigenvalue weighted by molar-refractivity contribution is 0.112. The van der Waals surface area contributed by atoms with Gasteiger partial charge >= 0.3 is 0 Å². The van der Waals surface area contributed by atoms with E-state index in [1.54, 1.807) is 0 Å². The molecule has 1 aromatic rings. The summed E-state index contributed by atoms with van der Waals surface area (Å²) >= 11 is 7.15. The van der Waals surface area contributed by atoms with E-state index in [-0.39, 0.29) is 0 Å². The largest absolute Gasteiger partial charge is 0.348 e. The highest BCUT2D eigenvalue weighted by atomic mass is 35.5. The smallest absolute Gasteiger partial charge is 0.187 e. The second-order valence-electron chi connectivity index (χ2n) is 3.52. The monoisotopic (exact) mass is 246 g/mol. The third-order valence-electron chi connectivity index (χ3n) is 2.37. The van der Waals surface area contributed by atoms with Crippen LogP contribution in [-0.2, 0) is 0 Å². The van der Waals surface area contributed by atoms with Gasteiger partial charge in [-0.2, -0.15) is 0 Å². The summed E-state index contributed by atoms with van der Waals surface area (Å²) in [6, 6.07) is 0.414. The van der Waals surface area contributed by atoms with Gasteiger partial charge in [-0.15, -0.1) is 0 Å². The number of thiazole rings is 1. The third kappa shape index (κ3) is 2.92. The number of rotatable bonds is 5. The molecule has 3 nitrogen and oxygen atoms in total. The molecule has 0 N–H and O–H groups in total. The molecule has 84 valence electrons. The van der Waals surface area contributed by atoms with Crippen LogP contribution < -0.4 is 4.90 Å². The van der Waals surface area contributed by atoms with Gasteiger partial charge in [0.05, 0.1) is 0 Å². The van der Waals surface area contributed by atoms with Crippen molar-refractivity contribution < 1.29 is 4.79 Å². The highest BCUT2D eigenvalue weighted by Gasteiger charge is 2.15. The molecule has 5 heteroatoms. The predicted octanol–water partition coefficient (Wildman–Crippen LogP) is 3.23. The van der Waals surface area contributed by atoms with Crippen LogP contribution in [0.2, 0.25) is 5.15 Å². The second kappa shape index (κ2) is 5.47. The number of hydrogen-bond acceptors (Lipinski definition) is 4. The Morgan fingerprint density at radius 2 is 2.33 bits per heavy atom. The van der Waals surface area contributed by atoms with Crippen LogP contribution in [0.5, 0.6) is 0 Å². The summed E-state index contributed by atoms with van der Waals surface area (Å²) in [5, 5.41) is 1.11. The zero-order valence-electron chi connectivity index (χ0n) is 9.16. The minimum atomic E-state index is 0.306. The van der Waals surface area contributed by atoms with Gasteiger partial charge in [-0.1, -0.05) is 36.3 Å². The number of anilines is 1. The van der Waals surface area contributed by atoms with Gasteiger partial charge in [0.15, 0.2) is 16.6 Å². The van der Waals surface area contributed by atoms with E-state index in [1.165, 1.54) is 11.3 Å². The first-order valence-corrected chi connectivity index (χ1v) is 6.14. The van der Waals surface area contributed by atoms with Crippen LogP contribution in [0, 0.1) is 0 Å². The molecule has 1 rings (SSSR count). The Morgan fingerprint density at radius 1 is 1.67 bits per heavy atom. The van der Waals surface area contributed by atoms with Crippen molar-refractivity contribution in [2.24, 2.45) is 0 Å². The molecule has 0 aliphatic carbocycles. The quantitative estimate of drug-likeness (QED) is 0.748. The summed E-state index contributed by atoms with van der Waals surface area (Å²) in [5.74, 6) is 0. The van der Waals surface area contributed by atoms with Crippen LogP contribution in [0.25, 0.3) is 0 Å². The molecule has 0 aliphatic rings. The number of aromatic nitrogens is 1. The molecule has 0 saturated heterocycles. The van der Waals surface area contributed by atoms with Gasteiger partial charge in [0.25, 0.3) is 0 Å². The molecule has 1 aromatic heterocycles. The predicted molar refractivity (Wildman–Crippen MR) is 65.3 cm³/mol. The lowest BCUT2D eigenvalue weighted by Crippen LogP contribution is -2.28. The molecule has 0 aliphatic heterocycles. The summed E-state index contributed by atoms with van der Waals surface area (Å²) in [4.78, 5) is 17.4. The molecule has 0 bridgehead atoms. The number of hydrogen-bond donors (Lipinski definition) is 0. The maximum Gasteiger partial charge on any atom is 0.187 e. The Hall–Kier alpha value is -0.610. The van der Waals surface area contributed by atoms with E-state index in [9.17, 15) is 4.79 Å². The molecule has 1 heterocycles. The van der Waals surface area contributed by atoms with Crippen molar-refractivity contribution in [3.05, 3.63) is 10.0 Å². The molecule has 0 radical (unpaired) electrons. The molecular weight excluding hydrogens is 232 g/mol. The van der Waals surface area contributed by atoms with Crippen LogP contribution in [0.4, 0.5) is 5.13 Å². The molecular formula is C10H15ClN2OS. The van der Waals surface area contributed by atoms with Gasteiger partial charge < -0.3 is 4.90 Å². The number of halogens is 1. The first-order chi connectivity index (χ1) is 7.10. The van der Waals surface area contributed by atoms with Crippen LogP contribution in [0.1, 0.15) is 36.4 Å². The standard InChI is InChI=1S/C10H15ClN2OS/c1-4-5-7(2)13(3)10-12-9(11)8(6-14)15-10/h6-7H,4-5H2,1-3H3. The summed E-state index contributed by atoms with van der Waals surface area (Å²) in [5.41, 5.74) is 0. The van der Waals surface area contributed by atoms with Gasteiger partial charge in [0.2, 0.25) is 0 Å². The van der Waals surface area contributed by atoms with E-state index < -0.39 is 0 Å². The Kier molecular flexibility index (Phi) is 4.54. The maximum atomic E-state index is 10.6. The highest BCUT2D eigenvalue weighted by Crippen LogP contribution is 2.29. The number of carbonyl (C=O) groups is 1. The van der Waals surface area contributed by atoms with Crippen molar-refractivity contribution in [1.29, 1.82) is 0 Å². The number of carbonyl (C=O) groups excluding carboxylic acids is 1. The number of nitrogens with zero attached hydrogens (tertiary/aromatic N) is 2. The minimum Gasteiger partial charge on any atom is -0.348 e. The van der Waals surface area contributed by atoms with Gasteiger partial charge in [-0.3, -0.25) is 4.79 Å². The third-order valence-corrected chi connectivity index (χ3v) is 3.85. The summed E-state index contributed by atoms with van der Waals surface area (Å²) in [6.45, 7) is 4.29. The lowest BCUT2D eigenvalue weighted by atomic mass is 10.2. The fourth-order valence-electron chi connectivity index (χ4n) is 1.33. The van der Waals surface area contributed by atoms with Gasteiger partial charge in [-0.05, 0) is 13.3 Å². The van der Waals surface area contributed by atoms with Crippen LogP contribution in [0.15, 0.2) is 0 Å². The van der Waals surface area contributed by atoms with E-state index in [1.807, 2.05) is 7.05 Å². The number of aldehydes is 1. The Labute approximate surface area is 99.1 Å². The molecule has 0 saturated carbocycles. The highest BCUT2D eigenvalue weighted by molar-refractivity contribution is 7.17. The van der Waals surface area contributed by atoms with Crippen LogP contribution in [0.3, 0.4) is 0 Å². The Bertz CT molecular complexity index is 340. The average molecular weight is 247 g/mol. The van der Waals surface area contributed by atoms with Crippen molar-refractivity contribution in [2.75, 3.05) is 11.9 Å². The van der Waals surface area contributed by atoms with Crippen LogP contribution in [-0.4, -0.2) is 24.4 Å². The Balaban J connectivity index is 2.81. The summed E-state index contributed by atoms with van der Waals surface area (Å²) in [7, 11) is 1.98. The van der Waals surface area contributed by atoms with E-state index in [2.05, 4.69) is 23.7 Å². The van der Waals surface area contributed by atoms with E-state index in [0.29, 0.717) is 16.1 Å².